The van der Waals surface area contributed by atoms with Gasteiger partial charge < -0.3 is 5.11 Å². The smallest absolute Gasteiger partial charge is 0.0941 e. The Morgan fingerprint density at radius 1 is 1.35 bits per heavy atom. The topological polar surface area (TPSA) is 33.1 Å². The van der Waals surface area contributed by atoms with Gasteiger partial charge in [-0.15, -0.1) is 0 Å². The van der Waals surface area contributed by atoms with Crippen LogP contribution < -0.4 is 0 Å². The van der Waals surface area contributed by atoms with Crippen LogP contribution >= 0.6 is 0 Å². The molecule has 2 unspecified atom stereocenters. The fourth-order valence-electron chi connectivity index (χ4n) is 3.22. The lowest BCUT2D eigenvalue weighted by molar-refractivity contribution is -0.0724. The van der Waals surface area contributed by atoms with Gasteiger partial charge in [0.1, 0.15) is 0 Å². The molecule has 1 fully saturated rings. The zero-order chi connectivity index (χ0) is 12.5. The van der Waals surface area contributed by atoms with Gasteiger partial charge in [-0.05, 0) is 37.2 Å². The maximum atomic E-state index is 11.1. The second kappa shape index (κ2) is 4.77. The van der Waals surface area contributed by atoms with E-state index in [2.05, 4.69) is 24.9 Å². The Morgan fingerprint density at radius 2 is 2.12 bits per heavy atom. The predicted octanol–water partition coefficient (Wildman–Crippen LogP) is 3.42. The van der Waals surface area contributed by atoms with Crippen molar-refractivity contribution in [1.29, 1.82) is 0 Å². The summed E-state index contributed by atoms with van der Waals surface area (Å²) in [5, 5.41) is 11.1. The normalized spacial score (nSPS) is 29.6. The number of nitrogens with zero attached hydrogens (tertiary/aromatic N) is 1. The maximum Gasteiger partial charge on any atom is 0.0941 e. The molecule has 1 aromatic heterocycles. The maximum absolute atomic E-state index is 11.1. The van der Waals surface area contributed by atoms with Gasteiger partial charge in [-0.3, -0.25) is 4.98 Å². The molecular weight excluding hydrogens is 210 g/mol. The van der Waals surface area contributed by atoms with E-state index in [1.807, 2.05) is 19.3 Å². The number of hydrogen-bond acceptors (Lipinski definition) is 2. The molecule has 1 N–H and O–H groups in total. The van der Waals surface area contributed by atoms with E-state index >= 15 is 0 Å². The molecule has 1 aliphatic carbocycles. The number of aromatic nitrogens is 1. The largest absolute Gasteiger partial charge is 0.385 e. The van der Waals surface area contributed by atoms with Crippen molar-refractivity contribution in [2.24, 2.45) is 11.8 Å². The monoisotopic (exact) mass is 233 g/mol. The van der Waals surface area contributed by atoms with Crippen LogP contribution in [0.5, 0.6) is 0 Å². The summed E-state index contributed by atoms with van der Waals surface area (Å²) in [6.07, 6.45) is 8.05. The molecule has 2 heteroatoms. The molecule has 0 saturated heterocycles. The van der Waals surface area contributed by atoms with Crippen LogP contribution in [0.4, 0.5) is 0 Å². The third kappa shape index (κ3) is 2.37. The Morgan fingerprint density at radius 3 is 2.76 bits per heavy atom. The highest BCUT2D eigenvalue weighted by atomic mass is 16.3. The van der Waals surface area contributed by atoms with Crippen LogP contribution in [0.25, 0.3) is 0 Å². The van der Waals surface area contributed by atoms with Crippen LogP contribution in [0.15, 0.2) is 18.5 Å². The molecule has 1 aliphatic rings. The molecule has 1 aromatic rings. The van der Waals surface area contributed by atoms with Crippen LogP contribution in [0.2, 0.25) is 0 Å². The van der Waals surface area contributed by atoms with E-state index in [0.29, 0.717) is 11.8 Å². The SMILES string of the molecule is Cc1cncc(C2(O)CCCCC2C(C)C)c1. The van der Waals surface area contributed by atoms with Gasteiger partial charge in [-0.2, -0.15) is 0 Å². The van der Waals surface area contributed by atoms with Crippen molar-refractivity contribution in [3.8, 4) is 0 Å². The zero-order valence-electron chi connectivity index (χ0n) is 11.1. The number of pyridine rings is 1. The van der Waals surface area contributed by atoms with E-state index in [4.69, 9.17) is 0 Å². The average Bonchev–Trinajstić information content (AvgIpc) is 2.29. The minimum absolute atomic E-state index is 0.361. The van der Waals surface area contributed by atoms with Gasteiger partial charge in [0, 0.05) is 18.0 Å². The summed E-state index contributed by atoms with van der Waals surface area (Å²) in [7, 11) is 0. The van der Waals surface area contributed by atoms with Crippen molar-refractivity contribution in [2.45, 2.75) is 52.1 Å². The van der Waals surface area contributed by atoms with Crippen LogP contribution in [-0.2, 0) is 5.60 Å². The van der Waals surface area contributed by atoms with Gasteiger partial charge in [0.15, 0.2) is 0 Å². The first-order valence-corrected chi connectivity index (χ1v) is 6.68. The highest BCUT2D eigenvalue weighted by Gasteiger charge is 2.41. The molecule has 94 valence electrons. The van der Waals surface area contributed by atoms with Crippen LogP contribution in [-0.4, -0.2) is 10.1 Å². The Hall–Kier alpha value is -0.890. The molecule has 0 aromatic carbocycles. The van der Waals surface area contributed by atoms with E-state index in [-0.39, 0.29) is 0 Å². The van der Waals surface area contributed by atoms with Gasteiger partial charge >= 0.3 is 0 Å². The Bertz CT molecular complexity index is 388. The number of hydrogen-bond donors (Lipinski definition) is 1. The fourth-order valence-corrected chi connectivity index (χ4v) is 3.22. The molecule has 1 heterocycles. The fraction of sp³-hybridized carbons (Fsp3) is 0.667. The van der Waals surface area contributed by atoms with Crippen LogP contribution in [0, 0.1) is 18.8 Å². The third-order valence-corrected chi connectivity index (χ3v) is 4.12. The molecule has 0 radical (unpaired) electrons. The molecule has 0 amide bonds. The lowest BCUT2D eigenvalue weighted by Gasteiger charge is -2.42. The molecule has 0 aliphatic heterocycles. The summed E-state index contributed by atoms with van der Waals surface area (Å²) in [5.74, 6) is 0.876. The Kier molecular flexibility index (Phi) is 3.53. The molecule has 2 atom stereocenters. The molecule has 17 heavy (non-hydrogen) atoms. The lowest BCUT2D eigenvalue weighted by Crippen LogP contribution is -2.40. The van der Waals surface area contributed by atoms with Crippen LogP contribution in [0.1, 0.15) is 50.7 Å². The van der Waals surface area contributed by atoms with Crippen molar-refractivity contribution >= 4 is 0 Å². The van der Waals surface area contributed by atoms with Gasteiger partial charge in [0.05, 0.1) is 5.60 Å². The van der Waals surface area contributed by atoms with E-state index in [1.165, 1.54) is 6.42 Å². The van der Waals surface area contributed by atoms with E-state index in [9.17, 15) is 5.11 Å². The summed E-state index contributed by atoms with van der Waals surface area (Å²) < 4.78 is 0. The molecular formula is C15H23NO. The number of aryl methyl sites for hydroxylation is 1. The quantitative estimate of drug-likeness (QED) is 0.849. The number of aliphatic hydroxyl groups is 1. The van der Waals surface area contributed by atoms with Crippen molar-refractivity contribution < 1.29 is 5.11 Å². The minimum Gasteiger partial charge on any atom is -0.385 e. The predicted molar refractivity (Wildman–Crippen MR) is 69.7 cm³/mol. The van der Waals surface area contributed by atoms with Crippen molar-refractivity contribution in [2.75, 3.05) is 0 Å². The second-order valence-electron chi connectivity index (χ2n) is 5.77. The lowest BCUT2D eigenvalue weighted by atomic mass is 9.67. The third-order valence-electron chi connectivity index (χ3n) is 4.12. The first-order valence-electron chi connectivity index (χ1n) is 6.68. The van der Waals surface area contributed by atoms with E-state index in [0.717, 1.165) is 30.4 Å². The molecule has 2 nitrogen and oxygen atoms in total. The van der Waals surface area contributed by atoms with E-state index in [1.54, 1.807) is 0 Å². The van der Waals surface area contributed by atoms with Gasteiger partial charge in [0.25, 0.3) is 0 Å². The Balaban J connectivity index is 2.37. The van der Waals surface area contributed by atoms with Crippen molar-refractivity contribution in [1.82, 2.24) is 4.98 Å². The number of rotatable bonds is 2. The van der Waals surface area contributed by atoms with Gasteiger partial charge in [-0.25, -0.2) is 0 Å². The molecule has 1 saturated carbocycles. The summed E-state index contributed by atoms with van der Waals surface area (Å²) in [5.41, 5.74) is 1.48. The summed E-state index contributed by atoms with van der Waals surface area (Å²) in [6.45, 7) is 6.46. The van der Waals surface area contributed by atoms with Crippen molar-refractivity contribution in [3.63, 3.8) is 0 Å². The average molecular weight is 233 g/mol. The van der Waals surface area contributed by atoms with Crippen molar-refractivity contribution in [3.05, 3.63) is 29.6 Å². The summed E-state index contributed by atoms with van der Waals surface area (Å²) in [4.78, 5) is 4.24. The zero-order valence-corrected chi connectivity index (χ0v) is 11.1. The highest BCUT2D eigenvalue weighted by Crippen LogP contribution is 2.45. The first-order chi connectivity index (χ1) is 8.04. The first kappa shape index (κ1) is 12.6. The van der Waals surface area contributed by atoms with Gasteiger partial charge in [-0.1, -0.05) is 32.8 Å². The summed E-state index contributed by atoms with van der Waals surface area (Å²) >= 11 is 0. The molecule has 0 spiro atoms. The second-order valence-corrected chi connectivity index (χ2v) is 5.77. The Labute approximate surface area is 104 Å². The van der Waals surface area contributed by atoms with E-state index < -0.39 is 5.60 Å². The summed E-state index contributed by atoms with van der Waals surface area (Å²) in [6, 6.07) is 2.09. The highest BCUT2D eigenvalue weighted by molar-refractivity contribution is 5.24. The molecule has 2 rings (SSSR count). The van der Waals surface area contributed by atoms with Crippen LogP contribution in [0.3, 0.4) is 0 Å². The minimum atomic E-state index is -0.661. The molecule has 0 bridgehead atoms. The standard InChI is InChI=1S/C15H23NO/c1-11(2)14-6-4-5-7-15(14,17)13-8-12(3)9-16-10-13/h8-11,14,17H,4-7H2,1-3H3. The van der Waals surface area contributed by atoms with Gasteiger partial charge in [0.2, 0.25) is 0 Å².